The number of hydrogen-bond donors (Lipinski definition) is 5. The molecule has 5 N–H and O–H groups in total. The molecule has 33 heavy (non-hydrogen) atoms. The molecule has 1 aromatic carbocycles. The second-order valence-corrected chi connectivity index (χ2v) is 8.11. The van der Waals surface area contributed by atoms with Gasteiger partial charge in [0.25, 0.3) is 5.96 Å². The molecule has 183 valence electrons. The zero-order valence-electron chi connectivity index (χ0n) is 19.2. The van der Waals surface area contributed by atoms with Crippen LogP contribution < -0.4 is 21.4 Å². The van der Waals surface area contributed by atoms with Gasteiger partial charge in [-0.2, -0.15) is 0 Å². The van der Waals surface area contributed by atoms with Gasteiger partial charge in [0.15, 0.2) is 5.03 Å². The van der Waals surface area contributed by atoms with Gasteiger partial charge < -0.3 is 16.0 Å². The lowest BCUT2D eigenvalue weighted by Gasteiger charge is -2.19. The normalized spacial score (nSPS) is 11.5. The number of carbonyl (C=O) groups excluding carboxylic acids is 2. The first-order valence-electron chi connectivity index (χ1n) is 11.1. The Morgan fingerprint density at radius 2 is 1.88 bits per heavy atom. The third kappa shape index (κ3) is 13.7. The molecule has 0 saturated carbocycles. The molecule has 1 atom stereocenters. The molecule has 0 unspecified atom stereocenters. The van der Waals surface area contributed by atoms with Crippen LogP contribution in [0.2, 0.25) is 0 Å². The molecule has 11 heteroatoms. The van der Waals surface area contributed by atoms with Gasteiger partial charge in [0.05, 0.1) is 0 Å². The summed E-state index contributed by atoms with van der Waals surface area (Å²) in [7, 11) is 0. The molecule has 1 rings (SSSR count). The van der Waals surface area contributed by atoms with Crippen LogP contribution in [0.1, 0.15) is 57.9 Å². The molecule has 0 heterocycles. The monoisotopic (exact) mass is 465 g/mol. The Morgan fingerprint density at radius 1 is 1.18 bits per heavy atom. The number of nitrogens with zero attached hydrogens (tertiary/aromatic N) is 1. The van der Waals surface area contributed by atoms with E-state index in [9.17, 15) is 24.1 Å². The molecular weight excluding hydrogens is 431 g/mol. The van der Waals surface area contributed by atoms with Crippen molar-refractivity contribution < 1.29 is 19.0 Å². The van der Waals surface area contributed by atoms with Gasteiger partial charge in [-0.1, -0.05) is 31.4 Å². The highest BCUT2D eigenvalue weighted by molar-refractivity contribution is 5.87. The summed E-state index contributed by atoms with van der Waals surface area (Å²) in [6, 6.07) is 5.50. The molecule has 0 spiro atoms. The number of aryl methyl sites for hydroxylation is 1. The average molecular weight is 466 g/mol. The lowest BCUT2D eigenvalue weighted by Crippen LogP contribution is -2.46. The fourth-order valence-corrected chi connectivity index (χ4v) is 2.95. The predicted octanol–water partition coefficient (Wildman–Crippen LogP) is 2.43. The van der Waals surface area contributed by atoms with Crippen LogP contribution in [0.5, 0.6) is 0 Å². The molecule has 1 radical (unpaired) electrons. The van der Waals surface area contributed by atoms with Gasteiger partial charge in [-0.15, -0.1) is 0 Å². The topological polar surface area (TPSA) is 149 Å². The smallest absolute Gasteiger partial charge is 0.251 e. The van der Waals surface area contributed by atoms with Crippen molar-refractivity contribution in [1.29, 1.82) is 5.41 Å². The van der Waals surface area contributed by atoms with Gasteiger partial charge in [-0.05, 0) is 62.1 Å². The first-order valence-corrected chi connectivity index (χ1v) is 11.1. The standard InChI is InChI=1S/C22H34FN6O4/c1-16(2)13-15-25-21(31)19(7-5-14-26-22(24)28-29(32)33)27-20(30)8-4-3-6-17-9-11-18(23)12-10-17/h9-12,15-16,19H,3-8,13-14H2,1-2H3,(H,25,31)(H,27,30)(H3,24,26,28)/t19-/m0/s1. The largest absolute Gasteiger partial charge is 0.352 e. The van der Waals surface area contributed by atoms with Crippen LogP contribution in [0.4, 0.5) is 4.39 Å². The summed E-state index contributed by atoms with van der Waals surface area (Å²) in [6.45, 7) is 5.94. The number of benzene rings is 1. The fraction of sp³-hybridized carbons (Fsp3) is 0.545. The quantitative estimate of drug-likeness (QED) is 0.0883. The summed E-state index contributed by atoms with van der Waals surface area (Å²) >= 11 is 0. The van der Waals surface area contributed by atoms with E-state index < -0.39 is 17.0 Å². The first-order chi connectivity index (χ1) is 15.7. The summed E-state index contributed by atoms with van der Waals surface area (Å²) in [5.74, 6) is -0.919. The van der Waals surface area contributed by atoms with Crippen molar-refractivity contribution in [1.82, 2.24) is 21.4 Å². The van der Waals surface area contributed by atoms with E-state index in [1.54, 1.807) is 24.1 Å². The number of amides is 2. The molecule has 10 nitrogen and oxygen atoms in total. The number of nitro groups is 1. The SMILES string of the molecule is CC(C)C[CH]NC(=O)[C@H](CCCNC(=N)N[N+](=O)[O-])NC(=O)CCCCc1ccc(F)cc1. The van der Waals surface area contributed by atoms with Gasteiger partial charge >= 0.3 is 0 Å². The first kappa shape index (κ1) is 27.8. The number of rotatable bonds is 15. The van der Waals surface area contributed by atoms with Crippen molar-refractivity contribution in [3.8, 4) is 0 Å². The molecule has 0 aliphatic carbocycles. The maximum absolute atomic E-state index is 13.0. The van der Waals surface area contributed by atoms with Gasteiger partial charge in [-0.3, -0.25) is 15.0 Å². The van der Waals surface area contributed by atoms with E-state index in [4.69, 9.17) is 5.41 Å². The Balaban J connectivity index is 2.45. The summed E-state index contributed by atoms with van der Waals surface area (Å²) in [4.78, 5) is 35.2. The molecule has 0 saturated heterocycles. The average Bonchev–Trinajstić information content (AvgIpc) is 2.73. The zero-order valence-corrected chi connectivity index (χ0v) is 19.2. The minimum Gasteiger partial charge on any atom is -0.352 e. The van der Waals surface area contributed by atoms with E-state index in [1.807, 2.05) is 13.8 Å². The van der Waals surface area contributed by atoms with Crippen LogP contribution in [-0.4, -0.2) is 35.4 Å². The van der Waals surface area contributed by atoms with Gasteiger partial charge in [0, 0.05) is 19.5 Å². The highest BCUT2D eigenvalue weighted by Gasteiger charge is 2.20. The lowest BCUT2D eigenvalue weighted by molar-refractivity contribution is -0.525. The van der Waals surface area contributed by atoms with Crippen LogP contribution >= 0.6 is 0 Å². The maximum Gasteiger partial charge on any atom is 0.251 e. The van der Waals surface area contributed by atoms with Crippen LogP contribution in [-0.2, 0) is 16.0 Å². The van der Waals surface area contributed by atoms with E-state index in [2.05, 4.69) is 16.0 Å². The predicted molar refractivity (Wildman–Crippen MR) is 123 cm³/mol. The van der Waals surface area contributed by atoms with E-state index in [0.717, 1.165) is 18.4 Å². The number of nitrogens with one attached hydrogen (secondary N) is 5. The van der Waals surface area contributed by atoms with Crippen LogP contribution in [0, 0.1) is 33.8 Å². The van der Waals surface area contributed by atoms with Crippen LogP contribution in [0.3, 0.4) is 0 Å². The minimum atomic E-state index is -0.841. The summed E-state index contributed by atoms with van der Waals surface area (Å²) < 4.78 is 13.0. The lowest BCUT2D eigenvalue weighted by atomic mass is 10.1. The minimum absolute atomic E-state index is 0.229. The Hall–Kier alpha value is -3.24. The van der Waals surface area contributed by atoms with Crippen LogP contribution in [0.25, 0.3) is 0 Å². The van der Waals surface area contributed by atoms with Gasteiger partial charge in [-0.25, -0.2) is 14.5 Å². The third-order valence-electron chi connectivity index (χ3n) is 4.69. The van der Waals surface area contributed by atoms with Crippen molar-refractivity contribution in [2.24, 2.45) is 5.92 Å². The highest BCUT2D eigenvalue weighted by atomic mass is 19.1. The molecule has 0 aliphatic rings. The number of hydrogen-bond acceptors (Lipinski definition) is 5. The highest BCUT2D eigenvalue weighted by Crippen LogP contribution is 2.09. The molecule has 1 aromatic rings. The van der Waals surface area contributed by atoms with Crippen molar-refractivity contribution >= 4 is 17.8 Å². The van der Waals surface area contributed by atoms with Crippen molar-refractivity contribution in [2.75, 3.05) is 6.54 Å². The van der Waals surface area contributed by atoms with Crippen molar-refractivity contribution in [3.63, 3.8) is 0 Å². The molecule has 2 amide bonds. The number of hydrazine groups is 1. The van der Waals surface area contributed by atoms with E-state index in [-0.39, 0.29) is 30.6 Å². The van der Waals surface area contributed by atoms with E-state index in [0.29, 0.717) is 31.6 Å². The molecule has 0 aromatic heterocycles. The Labute approximate surface area is 193 Å². The van der Waals surface area contributed by atoms with Crippen LogP contribution in [0.15, 0.2) is 24.3 Å². The molecule has 0 bridgehead atoms. The fourth-order valence-electron chi connectivity index (χ4n) is 2.95. The third-order valence-corrected chi connectivity index (χ3v) is 4.69. The van der Waals surface area contributed by atoms with E-state index >= 15 is 0 Å². The van der Waals surface area contributed by atoms with E-state index in [1.165, 1.54) is 12.1 Å². The Bertz CT molecular complexity index is 773. The Kier molecular flexibility index (Phi) is 13.1. The summed E-state index contributed by atoms with van der Waals surface area (Å²) in [5.41, 5.74) is 2.69. The second kappa shape index (κ2) is 15.5. The van der Waals surface area contributed by atoms with Gasteiger partial charge in [0.1, 0.15) is 11.9 Å². The van der Waals surface area contributed by atoms with Gasteiger partial charge in [0.2, 0.25) is 11.8 Å². The number of carbonyl (C=O) groups is 2. The molecule has 0 fully saturated rings. The van der Waals surface area contributed by atoms with Crippen molar-refractivity contribution in [2.45, 2.75) is 64.8 Å². The summed E-state index contributed by atoms with van der Waals surface area (Å²) in [6.07, 6.45) is 3.79. The molecule has 0 aliphatic heterocycles. The number of unbranched alkanes of at least 4 members (excludes halogenated alkanes) is 1. The number of guanidine groups is 1. The number of halogens is 1. The summed E-state index contributed by atoms with van der Waals surface area (Å²) in [5, 5.41) is 24.8. The van der Waals surface area contributed by atoms with Crippen molar-refractivity contribution in [3.05, 3.63) is 52.3 Å². The molecular formula is C22H34FN6O4. The second-order valence-electron chi connectivity index (χ2n) is 8.11. The zero-order chi connectivity index (χ0) is 24.6. The maximum atomic E-state index is 13.0. The Morgan fingerprint density at radius 3 is 2.52 bits per heavy atom.